The number of ether oxygens (including phenoxy) is 1. The minimum absolute atomic E-state index is 0.0795. The van der Waals surface area contributed by atoms with E-state index in [1.807, 2.05) is 18.2 Å². The molecule has 2 aromatic carbocycles. The van der Waals surface area contributed by atoms with E-state index in [2.05, 4.69) is 15.6 Å². The first-order chi connectivity index (χ1) is 18.1. The highest BCUT2D eigenvalue weighted by molar-refractivity contribution is 6.01. The molecule has 2 heterocycles. The van der Waals surface area contributed by atoms with Crippen LogP contribution in [-0.4, -0.2) is 39.4 Å². The molecule has 9 heteroatoms. The molecule has 2 aromatic heterocycles. The van der Waals surface area contributed by atoms with E-state index in [1.54, 1.807) is 48.8 Å². The van der Waals surface area contributed by atoms with Crippen LogP contribution in [0.5, 0.6) is 5.75 Å². The molecule has 4 N–H and O–H groups in total. The fourth-order valence-electron chi connectivity index (χ4n) is 4.52. The van der Waals surface area contributed by atoms with Crippen LogP contribution in [0.15, 0.2) is 67.0 Å². The van der Waals surface area contributed by atoms with Gasteiger partial charge >= 0.3 is 0 Å². The van der Waals surface area contributed by atoms with Crippen molar-refractivity contribution in [2.24, 2.45) is 5.73 Å². The van der Waals surface area contributed by atoms with Crippen LogP contribution in [0.4, 0.5) is 11.5 Å². The van der Waals surface area contributed by atoms with Gasteiger partial charge in [-0.1, -0.05) is 31.4 Å². The smallest absolute Gasteiger partial charge is 0.258 e. The molecule has 1 aliphatic carbocycles. The number of pyridine rings is 1. The molecule has 0 radical (unpaired) electrons. The fraction of sp³-hybridized carbons (Fsp3) is 0.250. The lowest BCUT2D eigenvalue weighted by atomic mass is 9.95. The van der Waals surface area contributed by atoms with Gasteiger partial charge in [-0.15, -0.1) is 0 Å². The Balaban J connectivity index is 1.45. The van der Waals surface area contributed by atoms with Crippen molar-refractivity contribution < 1.29 is 14.3 Å². The number of hydrogen-bond acceptors (Lipinski definition) is 7. The maximum atomic E-state index is 12.4. The van der Waals surface area contributed by atoms with Gasteiger partial charge in [-0.2, -0.15) is 0 Å². The first kappa shape index (κ1) is 24.2. The van der Waals surface area contributed by atoms with Gasteiger partial charge in [0.2, 0.25) is 0 Å². The van der Waals surface area contributed by atoms with E-state index in [9.17, 15) is 9.59 Å². The Morgan fingerprint density at radius 3 is 2.62 bits per heavy atom. The lowest BCUT2D eigenvalue weighted by Crippen LogP contribution is -2.38. The highest BCUT2D eigenvalue weighted by Gasteiger charge is 2.17. The van der Waals surface area contributed by atoms with Crippen LogP contribution in [0.3, 0.4) is 0 Å². The number of nitrogens with two attached hydrogens (primary N) is 1. The van der Waals surface area contributed by atoms with E-state index in [-0.39, 0.29) is 18.6 Å². The van der Waals surface area contributed by atoms with Gasteiger partial charge < -0.3 is 21.1 Å². The SMILES string of the molecule is NC(=O)c1ccccc1Nc1nc(-c2cccnc2)nc2ccc(OCC(=O)NC3CCCCC3)cc12. The summed E-state index contributed by atoms with van der Waals surface area (Å²) in [6.07, 6.45) is 8.91. The molecule has 0 aliphatic heterocycles. The molecule has 1 aliphatic rings. The van der Waals surface area contributed by atoms with Crippen LogP contribution < -0.4 is 21.1 Å². The molecule has 0 spiro atoms. The van der Waals surface area contributed by atoms with E-state index < -0.39 is 5.91 Å². The highest BCUT2D eigenvalue weighted by atomic mass is 16.5. The van der Waals surface area contributed by atoms with Crippen LogP contribution in [-0.2, 0) is 4.79 Å². The number of nitrogens with one attached hydrogen (secondary N) is 2. The Labute approximate surface area is 214 Å². The summed E-state index contributed by atoms with van der Waals surface area (Å²) < 4.78 is 5.82. The fourth-order valence-corrected chi connectivity index (χ4v) is 4.52. The molecule has 0 bridgehead atoms. The number of hydrogen-bond donors (Lipinski definition) is 3. The van der Waals surface area contributed by atoms with Crippen LogP contribution in [0.1, 0.15) is 42.5 Å². The average molecular weight is 497 g/mol. The predicted molar refractivity (Wildman–Crippen MR) is 142 cm³/mol. The average Bonchev–Trinajstić information content (AvgIpc) is 2.93. The van der Waals surface area contributed by atoms with Gasteiger partial charge in [0.25, 0.3) is 11.8 Å². The summed E-state index contributed by atoms with van der Waals surface area (Å²) in [7, 11) is 0. The molecular weight excluding hydrogens is 468 g/mol. The number of nitrogens with zero attached hydrogens (tertiary/aromatic N) is 3. The number of carbonyl (C=O) groups excluding carboxylic acids is 2. The van der Waals surface area contributed by atoms with Gasteiger partial charge in [-0.25, -0.2) is 9.97 Å². The number of fused-ring (bicyclic) bond motifs is 1. The van der Waals surface area contributed by atoms with Gasteiger partial charge in [-0.05, 0) is 55.3 Å². The molecule has 0 atom stereocenters. The third kappa shape index (κ3) is 5.83. The number of rotatable bonds is 8. The molecule has 0 saturated heterocycles. The van der Waals surface area contributed by atoms with E-state index in [1.165, 1.54) is 6.42 Å². The number of carbonyl (C=O) groups is 2. The number of benzene rings is 2. The monoisotopic (exact) mass is 496 g/mol. The van der Waals surface area contributed by atoms with Crippen molar-refractivity contribution >= 4 is 34.2 Å². The summed E-state index contributed by atoms with van der Waals surface area (Å²) in [6.45, 7) is -0.0795. The molecule has 1 fully saturated rings. The van der Waals surface area contributed by atoms with E-state index in [4.69, 9.17) is 20.4 Å². The van der Waals surface area contributed by atoms with Crippen LogP contribution in [0, 0.1) is 0 Å². The topological polar surface area (TPSA) is 132 Å². The second-order valence-electron chi connectivity index (χ2n) is 9.04. The van der Waals surface area contributed by atoms with E-state index >= 15 is 0 Å². The second-order valence-corrected chi connectivity index (χ2v) is 9.04. The summed E-state index contributed by atoms with van der Waals surface area (Å²) in [5.74, 6) is 0.760. The first-order valence-electron chi connectivity index (χ1n) is 12.4. The van der Waals surface area contributed by atoms with Crippen molar-refractivity contribution in [3.63, 3.8) is 0 Å². The predicted octanol–water partition coefficient (Wildman–Crippen LogP) is 4.36. The van der Waals surface area contributed by atoms with Gasteiger partial charge in [0, 0.05) is 29.4 Å². The van der Waals surface area contributed by atoms with Gasteiger partial charge in [0.1, 0.15) is 11.6 Å². The summed E-state index contributed by atoms with van der Waals surface area (Å²) in [6, 6.07) is 16.2. The number of amides is 2. The van der Waals surface area contributed by atoms with Crippen molar-refractivity contribution in [1.82, 2.24) is 20.3 Å². The Bertz CT molecular complexity index is 1420. The molecule has 5 rings (SSSR count). The molecule has 0 unspecified atom stereocenters. The van der Waals surface area contributed by atoms with Gasteiger partial charge in [-0.3, -0.25) is 14.6 Å². The minimum atomic E-state index is -0.554. The molecule has 37 heavy (non-hydrogen) atoms. The molecule has 2 amide bonds. The zero-order chi connectivity index (χ0) is 25.6. The minimum Gasteiger partial charge on any atom is -0.484 e. The normalized spacial score (nSPS) is 13.7. The summed E-state index contributed by atoms with van der Waals surface area (Å²) in [5, 5.41) is 6.97. The number of para-hydroxylation sites is 1. The van der Waals surface area contributed by atoms with Crippen molar-refractivity contribution in [3.05, 3.63) is 72.6 Å². The number of aromatic nitrogens is 3. The molecule has 4 aromatic rings. The van der Waals surface area contributed by atoms with Crippen molar-refractivity contribution in [3.8, 4) is 17.1 Å². The summed E-state index contributed by atoms with van der Waals surface area (Å²) >= 11 is 0. The van der Waals surface area contributed by atoms with Gasteiger partial charge in [0.15, 0.2) is 12.4 Å². The zero-order valence-electron chi connectivity index (χ0n) is 20.3. The Morgan fingerprint density at radius 2 is 1.84 bits per heavy atom. The zero-order valence-corrected chi connectivity index (χ0v) is 20.3. The standard InChI is InChI=1S/C28H28N6O3/c29-26(36)21-10-4-5-11-23(21)33-28-22-15-20(37-17-25(35)31-19-8-2-1-3-9-19)12-13-24(22)32-27(34-28)18-7-6-14-30-16-18/h4-7,10-16,19H,1-3,8-9,17H2,(H2,29,36)(H,31,35)(H,32,33,34). The third-order valence-corrected chi connectivity index (χ3v) is 6.37. The van der Waals surface area contributed by atoms with Gasteiger partial charge in [0.05, 0.1) is 16.8 Å². The highest BCUT2D eigenvalue weighted by Crippen LogP contribution is 2.31. The maximum absolute atomic E-state index is 12.4. The van der Waals surface area contributed by atoms with Crippen molar-refractivity contribution in [2.75, 3.05) is 11.9 Å². The first-order valence-corrected chi connectivity index (χ1v) is 12.4. The largest absolute Gasteiger partial charge is 0.484 e. The Morgan fingerprint density at radius 1 is 1.00 bits per heavy atom. The molecule has 1 saturated carbocycles. The van der Waals surface area contributed by atoms with Crippen LogP contribution in [0.2, 0.25) is 0 Å². The molecule has 9 nitrogen and oxygen atoms in total. The Hall–Kier alpha value is -4.53. The number of anilines is 2. The van der Waals surface area contributed by atoms with Crippen LogP contribution in [0.25, 0.3) is 22.3 Å². The van der Waals surface area contributed by atoms with Crippen molar-refractivity contribution in [1.29, 1.82) is 0 Å². The quantitative estimate of drug-likeness (QED) is 0.330. The number of primary amides is 1. The van der Waals surface area contributed by atoms with Crippen LogP contribution >= 0.6 is 0 Å². The lowest BCUT2D eigenvalue weighted by molar-refractivity contribution is -0.124. The van der Waals surface area contributed by atoms with Crippen molar-refractivity contribution in [2.45, 2.75) is 38.1 Å². The maximum Gasteiger partial charge on any atom is 0.258 e. The molecule has 188 valence electrons. The summed E-state index contributed by atoms with van der Waals surface area (Å²) in [5.41, 5.74) is 7.84. The third-order valence-electron chi connectivity index (χ3n) is 6.37. The van der Waals surface area contributed by atoms with E-state index in [0.29, 0.717) is 39.5 Å². The second kappa shape index (κ2) is 11.0. The lowest BCUT2D eigenvalue weighted by Gasteiger charge is -2.22. The molecular formula is C28H28N6O3. The summed E-state index contributed by atoms with van der Waals surface area (Å²) in [4.78, 5) is 38.0. The van der Waals surface area contributed by atoms with E-state index in [0.717, 1.165) is 31.2 Å². The Kier molecular flexibility index (Phi) is 7.21.